The van der Waals surface area contributed by atoms with E-state index < -0.39 is 17.3 Å². The van der Waals surface area contributed by atoms with Gasteiger partial charge in [0.1, 0.15) is 5.60 Å². The van der Waals surface area contributed by atoms with E-state index in [0.29, 0.717) is 30.6 Å². The number of ether oxygens (including phenoxy) is 1. The van der Waals surface area contributed by atoms with Gasteiger partial charge >= 0.3 is 12.3 Å². The third kappa shape index (κ3) is 4.43. The standard InChI is InChI=1S/C19H22F3N3O2/c1-18(2,3)27-17(26)25-10-8-12(11-25)24-15-7-9-23-16-13(15)5-4-6-14(16)19(20,21)22/h4-7,9,12H,8,10-11H2,1-3H3,(H,23,24)/t12-/m0/s1. The lowest BCUT2D eigenvalue weighted by Crippen LogP contribution is -2.36. The fourth-order valence-electron chi connectivity index (χ4n) is 3.12. The zero-order chi connectivity index (χ0) is 19.8. The Morgan fingerprint density at radius 3 is 2.67 bits per heavy atom. The lowest BCUT2D eigenvalue weighted by molar-refractivity contribution is -0.136. The monoisotopic (exact) mass is 381 g/mol. The summed E-state index contributed by atoms with van der Waals surface area (Å²) in [4.78, 5) is 17.7. The van der Waals surface area contributed by atoms with Crippen molar-refractivity contribution in [2.45, 2.75) is 45.0 Å². The van der Waals surface area contributed by atoms with E-state index in [-0.39, 0.29) is 17.7 Å². The van der Waals surface area contributed by atoms with Gasteiger partial charge in [-0.2, -0.15) is 13.2 Å². The molecule has 1 aromatic carbocycles. The highest BCUT2D eigenvalue weighted by molar-refractivity contribution is 5.93. The Hall–Kier alpha value is -2.51. The molecule has 0 radical (unpaired) electrons. The molecule has 5 nitrogen and oxygen atoms in total. The number of fused-ring (bicyclic) bond motifs is 1. The van der Waals surface area contributed by atoms with E-state index in [0.717, 1.165) is 6.07 Å². The predicted octanol–water partition coefficient (Wildman–Crippen LogP) is 4.67. The normalized spacial score (nSPS) is 18.0. The maximum Gasteiger partial charge on any atom is 0.418 e. The van der Waals surface area contributed by atoms with Gasteiger partial charge in [0.05, 0.1) is 11.1 Å². The summed E-state index contributed by atoms with van der Waals surface area (Å²) in [6, 6.07) is 5.59. The Bertz CT molecular complexity index is 846. The molecule has 1 amide bonds. The van der Waals surface area contributed by atoms with Crippen LogP contribution in [0.2, 0.25) is 0 Å². The van der Waals surface area contributed by atoms with Crippen LogP contribution in [0.25, 0.3) is 10.9 Å². The SMILES string of the molecule is CC(C)(C)OC(=O)N1CC[C@H](Nc2ccnc3c(C(F)(F)F)cccc23)C1. The number of hydrogen-bond acceptors (Lipinski definition) is 4. The molecule has 1 saturated heterocycles. The van der Waals surface area contributed by atoms with Gasteiger partial charge < -0.3 is 15.0 Å². The summed E-state index contributed by atoms with van der Waals surface area (Å²) < 4.78 is 45.0. The zero-order valence-corrected chi connectivity index (χ0v) is 15.4. The molecule has 0 bridgehead atoms. The topological polar surface area (TPSA) is 54.5 Å². The van der Waals surface area contributed by atoms with Crippen molar-refractivity contribution in [3.05, 3.63) is 36.0 Å². The third-order valence-electron chi connectivity index (χ3n) is 4.28. The average Bonchev–Trinajstić information content (AvgIpc) is 3.01. The van der Waals surface area contributed by atoms with Gasteiger partial charge in [-0.15, -0.1) is 0 Å². The van der Waals surface area contributed by atoms with E-state index in [1.807, 2.05) is 0 Å². The van der Waals surface area contributed by atoms with E-state index >= 15 is 0 Å². The van der Waals surface area contributed by atoms with Crippen molar-refractivity contribution in [2.24, 2.45) is 0 Å². The molecule has 2 heterocycles. The number of carbonyl (C=O) groups is 1. The number of nitrogens with one attached hydrogen (secondary N) is 1. The lowest BCUT2D eigenvalue weighted by atomic mass is 10.1. The number of pyridine rings is 1. The van der Waals surface area contributed by atoms with Crippen LogP contribution in [0.3, 0.4) is 0 Å². The van der Waals surface area contributed by atoms with E-state index in [4.69, 9.17) is 4.74 Å². The number of benzene rings is 1. The van der Waals surface area contributed by atoms with Crippen LogP contribution >= 0.6 is 0 Å². The molecule has 8 heteroatoms. The second kappa shape index (κ2) is 6.90. The highest BCUT2D eigenvalue weighted by Gasteiger charge is 2.34. The summed E-state index contributed by atoms with van der Waals surface area (Å²) in [6.45, 7) is 6.37. The van der Waals surface area contributed by atoms with E-state index in [1.54, 1.807) is 37.8 Å². The van der Waals surface area contributed by atoms with Crippen molar-refractivity contribution < 1.29 is 22.7 Å². The van der Waals surface area contributed by atoms with Gasteiger partial charge in [-0.25, -0.2) is 4.79 Å². The highest BCUT2D eigenvalue weighted by atomic mass is 19.4. The number of halogens is 3. The largest absolute Gasteiger partial charge is 0.444 e. The van der Waals surface area contributed by atoms with Gasteiger partial charge in [-0.1, -0.05) is 12.1 Å². The van der Waals surface area contributed by atoms with Gasteiger partial charge in [-0.3, -0.25) is 4.98 Å². The summed E-state index contributed by atoms with van der Waals surface area (Å²) in [5.74, 6) is 0. The van der Waals surface area contributed by atoms with E-state index in [9.17, 15) is 18.0 Å². The minimum atomic E-state index is -4.47. The molecule has 1 fully saturated rings. The van der Waals surface area contributed by atoms with Crippen LogP contribution in [0.15, 0.2) is 30.5 Å². The molecule has 0 spiro atoms. The molecule has 1 aliphatic rings. The number of alkyl halides is 3. The summed E-state index contributed by atoms with van der Waals surface area (Å²) >= 11 is 0. The average molecular weight is 381 g/mol. The summed E-state index contributed by atoms with van der Waals surface area (Å²) in [6.07, 6.45) is -2.81. The Morgan fingerprint density at radius 2 is 2.00 bits per heavy atom. The van der Waals surface area contributed by atoms with Gasteiger partial charge in [0.2, 0.25) is 0 Å². The number of hydrogen-bond donors (Lipinski definition) is 1. The number of aromatic nitrogens is 1. The van der Waals surface area contributed by atoms with Crippen LogP contribution < -0.4 is 5.32 Å². The van der Waals surface area contributed by atoms with Crippen molar-refractivity contribution in [3.8, 4) is 0 Å². The van der Waals surface area contributed by atoms with Gasteiger partial charge in [0.25, 0.3) is 0 Å². The van der Waals surface area contributed by atoms with E-state index in [2.05, 4.69) is 10.3 Å². The first-order chi connectivity index (χ1) is 12.5. The lowest BCUT2D eigenvalue weighted by Gasteiger charge is -2.24. The Morgan fingerprint density at radius 1 is 1.26 bits per heavy atom. The van der Waals surface area contributed by atoms with Crippen LogP contribution in [-0.2, 0) is 10.9 Å². The molecule has 3 rings (SSSR count). The van der Waals surface area contributed by atoms with Crippen molar-refractivity contribution in [2.75, 3.05) is 18.4 Å². The summed E-state index contributed by atoms with van der Waals surface area (Å²) in [5, 5.41) is 3.66. The second-order valence-corrected chi connectivity index (χ2v) is 7.61. The van der Waals surface area contributed by atoms with Crippen LogP contribution in [0, 0.1) is 0 Å². The molecule has 0 saturated carbocycles. The number of nitrogens with zero attached hydrogens (tertiary/aromatic N) is 2. The minimum absolute atomic E-state index is 0.0716. The first-order valence-corrected chi connectivity index (χ1v) is 8.74. The number of anilines is 1. The number of likely N-dealkylation sites (tertiary alicyclic amines) is 1. The minimum Gasteiger partial charge on any atom is -0.444 e. The molecule has 1 N–H and O–H groups in total. The molecule has 0 aliphatic carbocycles. The molecule has 1 aliphatic heterocycles. The highest BCUT2D eigenvalue weighted by Crippen LogP contribution is 2.36. The fraction of sp³-hybridized carbons (Fsp3) is 0.474. The third-order valence-corrected chi connectivity index (χ3v) is 4.28. The van der Waals surface area contributed by atoms with E-state index in [1.165, 1.54) is 12.3 Å². The number of carbonyl (C=O) groups excluding carboxylic acids is 1. The van der Waals surface area contributed by atoms with Crippen LogP contribution in [-0.4, -0.2) is 40.7 Å². The first-order valence-electron chi connectivity index (χ1n) is 8.74. The first kappa shape index (κ1) is 19.3. The zero-order valence-electron chi connectivity index (χ0n) is 15.4. The van der Waals surface area contributed by atoms with Crippen molar-refractivity contribution in [1.29, 1.82) is 0 Å². The van der Waals surface area contributed by atoms with Gasteiger partial charge in [0, 0.05) is 36.4 Å². The molecule has 146 valence electrons. The van der Waals surface area contributed by atoms with Crippen LogP contribution in [0.4, 0.5) is 23.7 Å². The molecule has 1 aromatic heterocycles. The van der Waals surface area contributed by atoms with Crippen molar-refractivity contribution >= 4 is 22.7 Å². The summed E-state index contributed by atoms with van der Waals surface area (Å²) in [5.41, 5.74) is -0.845. The Balaban J connectivity index is 1.77. The smallest absolute Gasteiger partial charge is 0.418 e. The van der Waals surface area contributed by atoms with Gasteiger partial charge in [0.15, 0.2) is 0 Å². The van der Waals surface area contributed by atoms with Crippen molar-refractivity contribution in [3.63, 3.8) is 0 Å². The molecular formula is C19H22F3N3O2. The van der Waals surface area contributed by atoms with Crippen LogP contribution in [0.5, 0.6) is 0 Å². The molecule has 0 unspecified atom stereocenters. The van der Waals surface area contributed by atoms with Crippen molar-refractivity contribution in [1.82, 2.24) is 9.88 Å². The quantitative estimate of drug-likeness (QED) is 0.821. The van der Waals surface area contributed by atoms with Crippen LogP contribution in [0.1, 0.15) is 32.8 Å². The number of para-hydroxylation sites is 1. The fourth-order valence-corrected chi connectivity index (χ4v) is 3.12. The summed E-state index contributed by atoms with van der Waals surface area (Å²) in [7, 11) is 0. The molecular weight excluding hydrogens is 359 g/mol. The number of amides is 1. The molecule has 27 heavy (non-hydrogen) atoms. The Kier molecular flexibility index (Phi) is 4.92. The second-order valence-electron chi connectivity index (χ2n) is 7.61. The Labute approximate surface area is 155 Å². The maximum absolute atomic E-state index is 13.2. The predicted molar refractivity (Wildman–Crippen MR) is 96.6 cm³/mol. The molecule has 2 aromatic rings. The molecule has 1 atom stereocenters. The maximum atomic E-state index is 13.2. The van der Waals surface area contributed by atoms with Gasteiger partial charge in [-0.05, 0) is 39.3 Å². The number of rotatable bonds is 2.